The summed E-state index contributed by atoms with van der Waals surface area (Å²) in [6, 6.07) is 4.57. The first kappa shape index (κ1) is 7.91. The molecule has 1 aliphatic heterocycles. The number of carbonyl (C=O) groups is 1. The Morgan fingerprint density at radius 3 is 2.92 bits per heavy atom. The molecule has 0 aromatic heterocycles. The van der Waals surface area contributed by atoms with Crippen LogP contribution in [-0.4, -0.2) is 5.91 Å². The monoisotopic (exact) mass is 176 g/mol. The highest BCUT2D eigenvalue weighted by molar-refractivity contribution is 6.03. The van der Waals surface area contributed by atoms with Gasteiger partial charge in [-0.25, -0.2) is 0 Å². The fourth-order valence-corrected chi connectivity index (χ4v) is 1.53. The first-order chi connectivity index (χ1) is 6.24. The number of hydrogen-bond donors (Lipinski definition) is 1. The zero-order valence-electron chi connectivity index (χ0n) is 7.07. The van der Waals surface area contributed by atoms with E-state index in [4.69, 9.17) is 0 Å². The molecule has 1 atom stereocenters. The maximum atomic E-state index is 11.2. The molecule has 13 heavy (non-hydrogen) atoms. The van der Waals surface area contributed by atoms with Crippen LogP contribution in [0.3, 0.4) is 0 Å². The van der Waals surface area contributed by atoms with E-state index in [2.05, 4.69) is 10.5 Å². The lowest BCUT2D eigenvalue weighted by Crippen LogP contribution is -2.09. The smallest absolute Gasteiger partial charge is 0.257 e. The molecule has 66 valence electrons. The number of nitrogens with zero attached hydrogens (tertiary/aromatic N) is 1. The molecule has 2 rings (SSSR count). The summed E-state index contributed by atoms with van der Waals surface area (Å²) in [5, 5.41) is 5.42. The number of benzene rings is 1. The predicted molar refractivity (Wildman–Crippen MR) is 48.3 cm³/mol. The van der Waals surface area contributed by atoms with E-state index in [1.54, 1.807) is 6.07 Å². The van der Waals surface area contributed by atoms with Gasteiger partial charge in [0.2, 0.25) is 0 Å². The number of nitrogens with one attached hydrogen (secondary N) is 1. The van der Waals surface area contributed by atoms with Crippen LogP contribution in [0, 0.1) is 11.8 Å². The Balaban J connectivity index is 2.60. The fraction of sp³-hybridized carbons (Fsp3) is 0.222. The third-order valence-electron chi connectivity index (χ3n) is 2.20. The Morgan fingerprint density at radius 2 is 2.23 bits per heavy atom. The van der Waals surface area contributed by atoms with Crippen LogP contribution in [0.15, 0.2) is 23.4 Å². The van der Waals surface area contributed by atoms with Crippen molar-refractivity contribution in [2.24, 2.45) is 5.18 Å². The lowest BCUT2D eigenvalue weighted by atomic mass is 10.1. The third kappa shape index (κ3) is 1.02. The summed E-state index contributed by atoms with van der Waals surface area (Å²) >= 11 is 0. The van der Waals surface area contributed by atoms with Gasteiger partial charge in [0, 0.05) is 11.3 Å². The van der Waals surface area contributed by atoms with Crippen molar-refractivity contribution in [2.45, 2.75) is 13.0 Å². The van der Waals surface area contributed by atoms with Gasteiger partial charge in [0.05, 0.1) is 0 Å². The lowest BCUT2D eigenvalue weighted by molar-refractivity contribution is -0.116. The molecule has 0 fully saturated rings. The highest BCUT2D eigenvalue weighted by Gasteiger charge is 2.32. The molecule has 1 heterocycles. The van der Waals surface area contributed by atoms with E-state index in [0.29, 0.717) is 5.56 Å². The minimum absolute atomic E-state index is 0.334. The summed E-state index contributed by atoms with van der Waals surface area (Å²) in [5.74, 6) is -0.334. The Bertz CT molecular complexity index is 387. The summed E-state index contributed by atoms with van der Waals surface area (Å²) in [5.41, 5.74) is 2.37. The topological polar surface area (TPSA) is 58.5 Å². The quantitative estimate of drug-likeness (QED) is 0.662. The molecule has 1 unspecified atom stereocenters. The van der Waals surface area contributed by atoms with E-state index in [9.17, 15) is 9.70 Å². The largest absolute Gasteiger partial charge is 0.323 e. The second-order valence-corrected chi connectivity index (χ2v) is 3.04. The molecule has 1 aromatic carbocycles. The van der Waals surface area contributed by atoms with Crippen molar-refractivity contribution in [3.63, 3.8) is 0 Å². The van der Waals surface area contributed by atoms with Crippen molar-refractivity contribution in [1.29, 1.82) is 0 Å². The molecule has 0 aliphatic carbocycles. The summed E-state index contributed by atoms with van der Waals surface area (Å²) in [6.45, 7) is 1.88. The summed E-state index contributed by atoms with van der Waals surface area (Å²) < 4.78 is 0. The molecule has 1 aromatic rings. The van der Waals surface area contributed by atoms with Crippen LogP contribution in [0.1, 0.15) is 17.2 Å². The van der Waals surface area contributed by atoms with Gasteiger partial charge in [-0.2, -0.15) is 0 Å². The zero-order chi connectivity index (χ0) is 9.42. The average Bonchev–Trinajstić information content (AvgIpc) is 2.43. The number of anilines is 1. The molecule has 1 aliphatic rings. The minimum Gasteiger partial charge on any atom is -0.323 e. The molecule has 0 saturated heterocycles. The molecular formula is C9H8N2O2. The second-order valence-electron chi connectivity index (χ2n) is 3.04. The first-order valence-corrected chi connectivity index (χ1v) is 3.97. The van der Waals surface area contributed by atoms with Gasteiger partial charge in [-0.05, 0) is 12.5 Å². The van der Waals surface area contributed by atoms with Crippen molar-refractivity contribution in [3.8, 4) is 0 Å². The lowest BCUT2D eigenvalue weighted by Gasteiger charge is -2.01. The van der Waals surface area contributed by atoms with Crippen LogP contribution in [0.2, 0.25) is 0 Å². The molecule has 4 heteroatoms. The predicted octanol–water partition coefficient (Wildman–Crippen LogP) is 1.75. The Kier molecular flexibility index (Phi) is 1.62. The third-order valence-corrected chi connectivity index (χ3v) is 2.20. The van der Waals surface area contributed by atoms with Crippen molar-refractivity contribution in [1.82, 2.24) is 0 Å². The number of para-hydroxylation sites is 1. The first-order valence-electron chi connectivity index (χ1n) is 3.97. The van der Waals surface area contributed by atoms with Crippen LogP contribution in [0.5, 0.6) is 0 Å². The van der Waals surface area contributed by atoms with E-state index in [1.807, 2.05) is 19.1 Å². The Labute approximate surface area is 74.9 Å². The van der Waals surface area contributed by atoms with E-state index >= 15 is 0 Å². The van der Waals surface area contributed by atoms with Gasteiger partial charge >= 0.3 is 0 Å². The van der Waals surface area contributed by atoms with Crippen molar-refractivity contribution >= 4 is 11.6 Å². The number of aryl methyl sites for hydroxylation is 1. The summed E-state index contributed by atoms with van der Waals surface area (Å²) in [6.07, 6.45) is 0. The number of fused-ring (bicyclic) bond motifs is 1. The van der Waals surface area contributed by atoms with Crippen molar-refractivity contribution < 1.29 is 4.79 Å². The Morgan fingerprint density at radius 1 is 1.46 bits per heavy atom. The van der Waals surface area contributed by atoms with E-state index in [1.165, 1.54) is 0 Å². The molecular weight excluding hydrogens is 168 g/mol. The molecule has 0 spiro atoms. The van der Waals surface area contributed by atoms with E-state index < -0.39 is 6.04 Å². The zero-order valence-corrected chi connectivity index (χ0v) is 7.07. The number of rotatable bonds is 1. The molecule has 1 amide bonds. The maximum Gasteiger partial charge on any atom is 0.257 e. The fourth-order valence-electron chi connectivity index (χ4n) is 1.53. The van der Waals surface area contributed by atoms with Gasteiger partial charge in [0.25, 0.3) is 5.91 Å². The normalized spacial score (nSPS) is 19.5. The standard InChI is InChI=1S/C9H8N2O2/c1-5-3-2-4-6-7(5)10-9(12)8(6)11-13/h2-4,8H,1H3,(H,10,12). The SMILES string of the molecule is Cc1cccc2c1NC(=O)C2N=O. The maximum absolute atomic E-state index is 11.2. The number of carbonyl (C=O) groups excluding carboxylic acids is 1. The number of amides is 1. The van der Waals surface area contributed by atoms with E-state index in [-0.39, 0.29) is 5.91 Å². The van der Waals surface area contributed by atoms with Gasteiger partial charge < -0.3 is 5.32 Å². The minimum atomic E-state index is -0.866. The van der Waals surface area contributed by atoms with Crippen molar-refractivity contribution in [3.05, 3.63) is 34.2 Å². The summed E-state index contributed by atoms with van der Waals surface area (Å²) in [7, 11) is 0. The van der Waals surface area contributed by atoms with Crippen LogP contribution >= 0.6 is 0 Å². The van der Waals surface area contributed by atoms with Crippen LogP contribution in [0.25, 0.3) is 0 Å². The van der Waals surface area contributed by atoms with Crippen LogP contribution in [0.4, 0.5) is 5.69 Å². The number of hydrogen-bond acceptors (Lipinski definition) is 3. The van der Waals surface area contributed by atoms with Gasteiger partial charge in [0.1, 0.15) is 0 Å². The second kappa shape index (κ2) is 2.65. The van der Waals surface area contributed by atoms with Gasteiger partial charge in [-0.15, -0.1) is 4.91 Å². The van der Waals surface area contributed by atoms with Crippen molar-refractivity contribution in [2.75, 3.05) is 5.32 Å². The molecule has 0 bridgehead atoms. The van der Waals surface area contributed by atoms with Gasteiger partial charge in [-0.1, -0.05) is 23.4 Å². The highest BCUT2D eigenvalue weighted by atomic mass is 16.3. The molecule has 0 radical (unpaired) electrons. The molecule has 1 N–H and O–H groups in total. The molecule has 0 saturated carbocycles. The van der Waals surface area contributed by atoms with Gasteiger partial charge in [-0.3, -0.25) is 4.79 Å². The van der Waals surface area contributed by atoms with E-state index in [0.717, 1.165) is 11.3 Å². The summed E-state index contributed by atoms with van der Waals surface area (Å²) in [4.78, 5) is 21.6. The Hall–Kier alpha value is -1.71. The van der Waals surface area contributed by atoms with Crippen LogP contribution < -0.4 is 5.32 Å². The molecule has 4 nitrogen and oxygen atoms in total. The number of nitroso groups, excluding NO2 is 1. The highest BCUT2D eigenvalue weighted by Crippen LogP contribution is 2.35. The van der Waals surface area contributed by atoms with Gasteiger partial charge in [0.15, 0.2) is 6.04 Å². The van der Waals surface area contributed by atoms with Crippen LogP contribution in [-0.2, 0) is 4.79 Å². The average molecular weight is 176 g/mol.